The topological polar surface area (TPSA) is 50.1 Å². The van der Waals surface area contributed by atoms with Gasteiger partial charge in [-0.2, -0.15) is 5.10 Å². The van der Waals surface area contributed by atoms with E-state index in [0.29, 0.717) is 0 Å². The molecular weight excluding hydrogens is 300 g/mol. The molecule has 24 heavy (non-hydrogen) atoms. The average molecular weight is 328 g/mol. The van der Waals surface area contributed by atoms with Crippen LogP contribution in [-0.2, 0) is 26.6 Å². The Hall–Kier alpha value is -1.79. The second-order valence-electron chi connectivity index (χ2n) is 7.11. The third-order valence-electron chi connectivity index (χ3n) is 4.75. The maximum absolute atomic E-state index is 4.60. The van der Waals surface area contributed by atoms with Crippen molar-refractivity contribution in [3.63, 3.8) is 0 Å². The summed E-state index contributed by atoms with van der Waals surface area (Å²) >= 11 is 0. The van der Waals surface area contributed by atoms with Crippen molar-refractivity contribution in [2.24, 2.45) is 13.0 Å². The minimum absolute atomic E-state index is 0.724. The van der Waals surface area contributed by atoms with Crippen LogP contribution >= 0.6 is 0 Å². The second kappa shape index (κ2) is 7.85. The molecule has 130 valence electrons. The van der Waals surface area contributed by atoms with Gasteiger partial charge in [0, 0.05) is 32.5 Å². The minimum Gasteiger partial charge on any atom is -0.304 e. The van der Waals surface area contributed by atoms with E-state index in [1.165, 1.54) is 18.5 Å². The molecule has 1 aliphatic heterocycles. The van der Waals surface area contributed by atoms with E-state index in [1.807, 2.05) is 30.3 Å². The molecule has 1 aliphatic rings. The van der Waals surface area contributed by atoms with Crippen molar-refractivity contribution in [3.05, 3.63) is 41.7 Å². The first-order valence-electron chi connectivity index (χ1n) is 8.74. The van der Waals surface area contributed by atoms with Gasteiger partial charge in [0.15, 0.2) is 0 Å². The normalized spacial score (nSPS) is 16.8. The van der Waals surface area contributed by atoms with Gasteiger partial charge in [-0.25, -0.2) is 0 Å². The number of rotatable bonds is 6. The summed E-state index contributed by atoms with van der Waals surface area (Å²) in [6, 6.07) is 2.11. The predicted octanol–water partition coefficient (Wildman–Crippen LogP) is 1.73. The van der Waals surface area contributed by atoms with Crippen LogP contribution in [0, 0.1) is 5.92 Å². The van der Waals surface area contributed by atoms with Crippen molar-refractivity contribution in [2.45, 2.75) is 32.4 Å². The van der Waals surface area contributed by atoms with Crippen LogP contribution in [0.3, 0.4) is 0 Å². The number of hydrogen-bond acceptors (Lipinski definition) is 5. The molecule has 0 atom stereocenters. The number of hydrogen-bond donors (Lipinski definition) is 0. The van der Waals surface area contributed by atoms with Crippen LogP contribution in [0.15, 0.2) is 24.7 Å². The van der Waals surface area contributed by atoms with Gasteiger partial charge in [-0.1, -0.05) is 0 Å². The quantitative estimate of drug-likeness (QED) is 0.808. The van der Waals surface area contributed by atoms with Gasteiger partial charge in [-0.05, 0) is 58.4 Å². The van der Waals surface area contributed by atoms with E-state index >= 15 is 0 Å². The zero-order valence-electron chi connectivity index (χ0n) is 15.0. The Morgan fingerprint density at radius 1 is 1.12 bits per heavy atom. The molecule has 0 bridgehead atoms. The van der Waals surface area contributed by atoms with Crippen molar-refractivity contribution in [1.82, 2.24) is 29.5 Å². The average Bonchev–Trinajstić information content (AvgIpc) is 2.96. The van der Waals surface area contributed by atoms with Gasteiger partial charge >= 0.3 is 0 Å². The highest BCUT2D eigenvalue weighted by Gasteiger charge is 2.20. The van der Waals surface area contributed by atoms with E-state index < -0.39 is 0 Å². The lowest BCUT2D eigenvalue weighted by Gasteiger charge is -2.31. The van der Waals surface area contributed by atoms with Crippen LogP contribution in [0.1, 0.15) is 29.9 Å². The molecule has 0 spiro atoms. The zero-order chi connectivity index (χ0) is 16.9. The minimum atomic E-state index is 0.724. The van der Waals surface area contributed by atoms with E-state index in [9.17, 15) is 0 Å². The summed E-state index contributed by atoms with van der Waals surface area (Å²) in [5.41, 5.74) is 3.45. The highest BCUT2D eigenvalue weighted by Crippen LogP contribution is 2.22. The fourth-order valence-corrected chi connectivity index (χ4v) is 3.32. The summed E-state index contributed by atoms with van der Waals surface area (Å²) in [6.45, 7) is 4.16. The van der Waals surface area contributed by atoms with Gasteiger partial charge in [-0.3, -0.25) is 19.5 Å². The molecule has 3 rings (SSSR count). The highest BCUT2D eigenvalue weighted by molar-refractivity contribution is 5.04. The van der Waals surface area contributed by atoms with Crippen LogP contribution in [-0.4, -0.2) is 56.7 Å². The maximum Gasteiger partial charge on any atom is 0.0726 e. The maximum atomic E-state index is 4.60. The molecule has 0 radical (unpaired) electrons. The lowest BCUT2D eigenvalue weighted by molar-refractivity contribution is 0.173. The molecule has 0 aromatic carbocycles. The van der Waals surface area contributed by atoms with E-state index in [0.717, 1.165) is 49.9 Å². The van der Waals surface area contributed by atoms with Gasteiger partial charge < -0.3 is 4.90 Å². The van der Waals surface area contributed by atoms with E-state index in [1.54, 1.807) is 0 Å². The number of nitrogens with zero attached hydrogens (tertiary/aromatic N) is 6. The Balaban J connectivity index is 1.46. The van der Waals surface area contributed by atoms with Gasteiger partial charge in [-0.15, -0.1) is 0 Å². The summed E-state index contributed by atoms with van der Waals surface area (Å²) in [4.78, 5) is 13.8. The Morgan fingerprint density at radius 3 is 2.42 bits per heavy atom. The van der Waals surface area contributed by atoms with Crippen molar-refractivity contribution < 1.29 is 0 Å². The summed E-state index contributed by atoms with van der Waals surface area (Å²) in [5, 5.41) is 4.25. The Bertz CT molecular complexity index is 625. The molecule has 2 aromatic rings. The second-order valence-corrected chi connectivity index (χ2v) is 7.11. The SMILES string of the molecule is CN(C)Cc1cnc(CC2CCN(Cc3ccnn3C)CC2)cn1. The number of aryl methyl sites for hydroxylation is 1. The number of aromatic nitrogens is 4. The molecule has 2 aromatic heterocycles. The van der Waals surface area contributed by atoms with Crippen molar-refractivity contribution in [2.75, 3.05) is 27.2 Å². The smallest absolute Gasteiger partial charge is 0.0726 e. The molecule has 3 heterocycles. The van der Waals surface area contributed by atoms with Gasteiger partial charge in [0.25, 0.3) is 0 Å². The molecule has 0 N–H and O–H groups in total. The van der Waals surface area contributed by atoms with Gasteiger partial charge in [0.05, 0.1) is 23.3 Å². The molecule has 0 unspecified atom stereocenters. The summed E-state index contributed by atoms with van der Waals surface area (Å²) in [7, 11) is 6.12. The largest absolute Gasteiger partial charge is 0.304 e. The van der Waals surface area contributed by atoms with Crippen molar-refractivity contribution >= 4 is 0 Å². The summed E-state index contributed by atoms with van der Waals surface area (Å²) < 4.78 is 1.97. The van der Waals surface area contributed by atoms with Crippen molar-refractivity contribution in [3.8, 4) is 0 Å². The van der Waals surface area contributed by atoms with Gasteiger partial charge in [0.2, 0.25) is 0 Å². The highest BCUT2D eigenvalue weighted by atomic mass is 15.3. The molecular formula is C18H28N6. The first-order valence-corrected chi connectivity index (χ1v) is 8.74. The first kappa shape index (κ1) is 17.0. The van der Waals surface area contributed by atoms with Crippen LogP contribution in [0.5, 0.6) is 0 Å². The standard InChI is InChI=1S/C18H28N6/c1-22(2)13-17-12-19-16(11-20-17)10-15-5-8-24(9-6-15)14-18-4-7-21-23(18)3/h4,7,11-12,15H,5-6,8-10,13-14H2,1-3H3. The van der Waals surface area contributed by atoms with Crippen molar-refractivity contribution in [1.29, 1.82) is 0 Å². The number of likely N-dealkylation sites (tertiary alicyclic amines) is 1. The third-order valence-corrected chi connectivity index (χ3v) is 4.75. The van der Waals surface area contributed by atoms with Gasteiger partial charge in [0.1, 0.15) is 0 Å². The predicted molar refractivity (Wildman–Crippen MR) is 94.3 cm³/mol. The third kappa shape index (κ3) is 4.61. The van der Waals surface area contributed by atoms with Crippen LogP contribution in [0.2, 0.25) is 0 Å². The first-order chi connectivity index (χ1) is 11.6. The molecule has 6 heteroatoms. The monoisotopic (exact) mass is 328 g/mol. The molecule has 6 nitrogen and oxygen atoms in total. The van der Waals surface area contributed by atoms with E-state index in [4.69, 9.17) is 0 Å². The summed E-state index contributed by atoms with van der Waals surface area (Å²) in [5.74, 6) is 0.724. The zero-order valence-corrected chi connectivity index (χ0v) is 15.0. The Morgan fingerprint density at radius 2 is 1.83 bits per heavy atom. The summed E-state index contributed by atoms with van der Waals surface area (Å²) in [6.07, 6.45) is 9.28. The fourth-order valence-electron chi connectivity index (χ4n) is 3.32. The molecule has 1 fully saturated rings. The fraction of sp³-hybridized carbons (Fsp3) is 0.611. The van der Waals surface area contributed by atoms with E-state index in [-0.39, 0.29) is 0 Å². The lowest BCUT2D eigenvalue weighted by atomic mass is 9.92. The lowest BCUT2D eigenvalue weighted by Crippen LogP contribution is -2.34. The van der Waals surface area contributed by atoms with E-state index in [2.05, 4.69) is 45.0 Å². The van der Waals surface area contributed by atoms with Crippen LogP contribution in [0.25, 0.3) is 0 Å². The molecule has 0 amide bonds. The Labute approximate surface area is 144 Å². The number of piperidine rings is 1. The van der Waals surface area contributed by atoms with Crippen LogP contribution < -0.4 is 0 Å². The molecule has 0 aliphatic carbocycles. The molecule has 0 saturated carbocycles. The van der Waals surface area contributed by atoms with Crippen LogP contribution in [0.4, 0.5) is 0 Å². The Kier molecular flexibility index (Phi) is 5.58. The molecule has 1 saturated heterocycles.